The number of hydrazine groups is 1. The van der Waals surface area contributed by atoms with Crippen molar-refractivity contribution >= 4 is 33.4 Å². The molecule has 1 aromatic heterocycles. The largest absolute Gasteiger partial charge is 0.290 e. The second kappa shape index (κ2) is 2.79. The third kappa shape index (κ3) is 1.16. The summed E-state index contributed by atoms with van der Waals surface area (Å²) in [6.07, 6.45) is 1.25. The Morgan fingerprint density at radius 3 is 3.08 bits per heavy atom. The van der Waals surface area contributed by atoms with Gasteiger partial charge >= 0.3 is 0 Å². The lowest BCUT2D eigenvalue weighted by molar-refractivity contribution is 0.475. The second-order valence-electron chi connectivity index (χ2n) is 2.36. The fourth-order valence-electron chi connectivity index (χ4n) is 1.02. The second-order valence-corrected chi connectivity index (χ2v) is 5.29. The molecule has 2 heterocycles. The predicted octanol–water partition coefficient (Wildman–Crippen LogP) is 0.547. The van der Waals surface area contributed by atoms with Crippen molar-refractivity contribution in [1.29, 1.82) is 0 Å². The Balaban J connectivity index is 2.63. The number of hydrogen-bond acceptors (Lipinski definition) is 5. The smallest absolute Gasteiger partial charge is 0.234 e. The molecule has 0 radical (unpaired) electrons. The van der Waals surface area contributed by atoms with Crippen molar-refractivity contribution in [3.63, 3.8) is 0 Å². The summed E-state index contributed by atoms with van der Waals surface area (Å²) in [6, 6.07) is 1.68. The summed E-state index contributed by atoms with van der Waals surface area (Å²) < 4.78 is 24.6. The van der Waals surface area contributed by atoms with Gasteiger partial charge in [0.2, 0.25) is 0 Å². The van der Waals surface area contributed by atoms with Crippen LogP contribution in [0.15, 0.2) is 20.6 Å². The van der Waals surface area contributed by atoms with Crippen molar-refractivity contribution in [2.45, 2.75) is 4.21 Å². The first-order valence-electron chi connectivity index (χ1n) is 3.50. The summed E-state index contributed by atoms with van der Waals surface area (Å²) >= 11 is 1.17. The Morgan fingerprint density at radius 2 is 2.38 bits per heavy atom. The van der Waals surface area contributed by atoms with Crippen molar-refractivity contribution in [2.75, 3.05) is 7.05 Å². The van der Waals surface area contributed by atoms with E-state index in [0.717, 1.165) is 4.41 Å². The average Bonchev–Trinajstić information content (AvgIpc) is 2.53. The first-order chi connectivity index (χ1) is 6.16. The van der Waals surface area contributed by atoms with E-state index in [0.29, 0.717) is 5.69 Å². The normalized spacial score (nSPS) is 18.7. The zero-order chi connectivity index (χ0) is 9.47. The van der Waals surface area contributed by atoms with Crippen molar-refractivity contribution in [3.8, 4) is 0 Å². The first kappa shape index (κ1) is 8.67. The molecule has 13 heavy (non-hydrogen) atoms. The molecule has 0 saturated heterocycles. The van der Waals surface area contributed by atoms with E-state index < -0.39 is 10.0 Å². The number of nitrogens with zero attached hydrogens (tertiary/aromatic N) is 2. The lowest BCUT2D eigenvalue weighted by Crippen LogP contribution is -2.40. The lowest BCUT2D eigenvalue weighted by atomic mass is 10.5. The molecule has 0 bridgehead atoms. The molecule has 0 unspecified atom stereocenters. The van der Waals surface area contributed by atoms with Crippen LogP contribution in [0.3, 0.4) is 0 Å². The van der Waals surface area contributed by atoms with Gasteiger partial charge in [-0.3, -0.25) is 0 Å². The summed E-state index contributed by atoms with van der Waals surface area (Å²) in [5.41, 5.74) is 3.04. The minimum Gasteiger partial charge on any atom is -0.234 e. The van der Waals surface area contributed by atoms with E-state index in [1.807, 2.05) is 0 Å². The summed E-state index contributed by atoms with van der Waals surface area (Å²) in [4.78, 5) is 3.97. The SMILES string of the molecule is CNN1C=Nc2ccsc2S1(=O)=O. The Morgan fingerprint density at radius 1 is 1.62 bits per heavy atom. The van der Waals surface area contributed by atoms with Gasteiger partial charge in [-0.1, -0.05) is 0 Å². The summed E-state index contributed by atoms with van der Waals surface area (Å²) in [5, 5.41) is 1.71. The Labute approximate surface area is 79.7 Å². The maximum atomic E-state index is 11.7. The van der Waals surface area contributed by atoms with Gasteiger partial charge in [0.1, 0.15) is 6.34 Å². The third-order valence-electron chi connectivity index (χ3n) is 1.63. The molecule has 0 amide bonds. The molecule has 1 N–H and O–H groups in total. The number of hydrogen-bond donors (Lipinski definition) is 1. The molecule has 0 fully saturated rings. The Kier molecular flexibility index (Phi) is 1.86. The van der Waals surface area contributed by atoms with Crippen molar-refractivity contribution in [3.05, 3.63) is 11.4 Å². The van der Waals surface area contributed by atoms with Crippen LogP contribution >= 0.6 is 11.3 Å². The minimum absolute atomic E-state index is 0.282. The molecule has 1 aliphatic rings. The van der Waals surface area contributed by atoms with Gasteiger partial charge in [0, 0.05) is 7.05 Å². The van der Waals surface area contributed by atoms with E-state index in [4.69, 9.17) is 0 Å². The quantitative estimate of drug-likeness (QED) is 0.747. The molecular weight excluding hydrogens is 210 g/mol. The van der Waals surface area contributed by atoms with Gasteiger partial charge in [0.05, 0.1) is 5.69 Å². The van der Waals surface area contributed by atoms with E-state index in [2.05, 4.69) is 10.4 Å². The number of sulfonamides is 1. The van der Waals surface area contributed by atoms with Crippen molar-refractivity contribution in [2.24, 2.45) is 4.99 Å². The lowest BCUT2D eigenvalue weighted by Gasteiger charge is -2.20. The van der Waals surface area contributed by atoms with E-state index in [-0.39, 0.29) is 4.21 Å². The van der Waals surface area contributed by atoms with E-state index in [9.17, 15) is 8.42 Å². The zero-order valence-electron chi connectivity index (χ0n) is 6.76. The van der Waals surface area contributed by atoms with Gasteiger partial charge in [0.15, 0.2) is 4.21 Å². The molecule has 0 aliphatic carbocycles. The highest BCUT2D eigenvalue weighted by Gasteiger charge is 2.29. The Hall–Kier alpha value is -0.920. The maximum absolute atomic E-state index is 11.7. The standard InChI is InChI=1S/C6H7N3O2S2/c1-7-9-4-8-5-2-3-12-6(5)13(9,10)11/h2-4,7H,1H3. The van der Waals surface area contributed by atoms with E-state index in [1.54, 1.807) is 11.4 Å². The molecule has 5 nitrogen and oxygen atoms in total. The molecule has 0 saturated carbocycles. The van der Waals surface area contributed by atoms with Crippen molar-refractivity contribution < 1.29 is 8.42 Å². The molecule has 1 aliphatic heterocycles. The number of thiophene rings is 1. The average molecular weight is 217 g/mol. The number of aliphatic imine (C=N–C) groups is 1. The molecular formula is C6H7N3O2S2. The molecule has 7 heteroatoms. The van der Waals surface area contributed by atoms with Crippen molar-refractivity contribution in [1.82, 2.24) is 9.84 Å². The molecule has 2 rings (SSSR count). The van der Waals surface area contributed by atoms with Gasteiger partial charge in [0.25, 0.3) is 10.0 Å². The fourth-order valence-corrected chi connectivity index (χ4v) is 3.45. The number of fused-ring (bicyclic) bond motifs is 1. The van der Waals surface area contributed by atoms with Crippen LogP contribution in [0.1, 0.15) is 0 Å². The highest BCUT2D eigenvalue weighted by Crippen LogP contribution is 2.33. The molecule has 1 aromatic rings. The topological polar surface area (TPSA) is 61.8 Å². The predicted molar refractivity (Wildman–Crippen MR) is 50.6 cm³/mol. The molecule has 0 spiro atoms. The monoisotopic (exact) mass is 217 g/mol. The summed E-state index contributed by atoms with van der Waals surface area (Å²) in [5.74, 6) is 0. The Bertz CT molecular complexity index is 448. The van der Waals surface area contributed by atoms with Crippen LogP contribution in [-0.2, 0) is 10.0 Å². The first-order valence-corrected chi connectivity index (χ1v) is 5.82. The molecule has 70 valence electrons. The van der Waals surface area contributed by atoms with Crippen LogP contribution in [0, 0.1) is 0 Å². The third-order valence-corrected chi connectivity index (χ3v) is 4.71. The summed E-state index contributed by atoms with van der Waals surface area (Å²) in [7, 11) is -1.87. The molecule has 0 aromatic carbocycles. The van der Waals surface area contributed by atoms with Gasteiger partial charge < -0.3 is 0 Å². The van der Waals surface area contributed by atoms with Crippen LogP contribution in [0.4, 0.5) is 5.69 Å². The fraction of sp³-hybridized carbons (Fsp3) is 0.167. The van der Waals surface area contributed by atoms with Crippen LogP contribution in [0.25, 0.3) is 0 Å². The van der Waals surface area contributed by atoms with E-state index in [1.165, 1.54) is 24.7 Å². The van der Waals surface area contributed by atoms with Crippen LogP contribution in [0.5, 0.6) is 0 Å². The van der Waals surface area contributed by atoms with Crippen LogP contribution in [-0.4, -0.2) is 26.2 Å². The highest BCUT2D eigenvalue weighted by molar-refractivity contribution is 7.91. The van der Waals surface area contributed by atoms with Gasteiger partial charge in [-0.05, 0) is 11.4 Å². The number of nitrogens with one attached hydrogen (secondary N) is 1. The van der Waals surface area contributed by atoms with Gasteiger partial charge in [-0.25, -0.2) is 10.4 Å². The van der Waals surface area contributed by atoms with Crippen LogP contribution < -0.4 is 5.43 Å². The van der Waals surface area contributed by atoms with Crippen LogP contribution in [0.2, 0.25) is 0 Å². The maximum Gasteiger partial charge on any atom is 0.290 e. The summed E-state index contributed by atoms with van der Waals surface area (Å²) in [6.45, 7) is 0. The number of rotatable bonds is 1. The van der Waals surface area contributed by atoms with E-state index >= 15 is 0 Å². The zero-order valence-corrected chi connectivity index (χ0v) is 8.39. The molecule has 0 atom stereocenters. The van der Waals surface area contributed by atoms with Gasteiger partial charge in [-0.15, -0.1) is 11.3 Å². The van der Waals surface area contributed by atoms with Gasteiger partial charge in [-0.2, -0.15) is 12.8 Å². The highest BCUT2D eigenvalue weighted by atomic mass is 32.2. The minimum atomic E-state index is -3.40.